The number of halogens is 1. The first-order valence-electron chi connectivity index (χ1n) is 7.99. The van der Waals surface area contributed by atoms with Crippen LogP contribution in [0.2, 0.25) is 0 Å². The maximum Gasteiger partial charge on any atom is 0.177 e. The molecule has 0 unspecified atom stereocenters. The molecule has 0 aliphatic heterocycles. The summed E-state index contributed by atoms with van der Waals surface area (Å²) in [5.74, 6) is -0.566. The van der Waals surface area contributed by atoms with Crippen LogP contribution in [0.3, 0.4) is 0 Å². The van der Waals surface area contributed by atoms with Crippen LogP contribution in [0.4, 0.5) is 0 Å². The number of alkyl halides is 1. The van der Waals surface area contributed by atoms with Gasteiger partial charge in [0.15, 0.2) is 11.6 Å². The number of carbonyl (C=O) groups is 2. The number of Topliss-reactive ketones (excluding diaryl/α,β-unsaturated/α-hetero) is 1. The molecule has 25 heavy (non-hydrogen) atoms. The first-order chi connectivity index (χ1) is 11.8. The monoisotopic (exact) mass is 402 g/mol. The number of hydrogen-bond donors (Lipinski definition) is 1. The van der Waals surface area contributed by atoms with Gasteiger partial charge in [-0.2, -0.15) is 0 Å². The Labute approximate surface area is 155 Å². The molecule has 1 aromatic carbocycles. The highest BCUT2D eigenvalue weighted by Gasteiger charge is 2.57. The van der Waals surface area contributed by atoms with Crippen molar-refractivity contribution in [1.29, 1.82) is 0 Å². The molecule has 2 aliphatic rings. The minimum absolute atomic E-state index is 0.0592. The van der Waals surface area contributed by atoms with Gasteiger partial charge in [0.25, 0.3) is 0 Å². The molecule has 0 radical (unpaired) electrons. The standard InChI is InChI=1S/C20H19BrO4/c1-4-12-5-8-15-16(23)9-11(2)19(24)20(15,21)18(12)14-7-6-13(22)10-17(14)25-3/h4-7,9-10,15,18,22H,1,8H2,2-3H3/t15-,18+,20-/m0/s1. The molecule has 0 amide bonds. The summed E-state index contributed by atoms with van der Waals surface area (Å²) in [6.45, 7) is 5.54. The molecule has 2 aliphatic carbocycles. The highest BCUT2D eigenvalue weighted by atomic mass is 79.9. The summed E-state index contributed by atoms with van der Waals surface area (Å²) in [6, 6.07) is 4.79. The van der Waals surface area contributed by atoms with Gasteiger partial charge in [0.1, 0.15) is 15.8 Å². The van der Waals surface area contributed by atoms with Crippen LogP contribution in [-0.2, 0) is 9.59 Å². The average molecular weight is 403 g/mol. The lowest BCUT2D eigenvalue weighted by molar-refractivity contribution is -0.128. The number of carbonyl (C=O) groups excluding carboxylic acids is 2. The Morgan fingerprint density at radius 2 is 2.12 bits per heavy atom. The molecule has 3 atom stereocenters. The zero-order valence-corrected chi connectivity index (χ0v) is 15.7. The number of allylic oxidation sites excluding steroid dienone is 5. The number of rotatable bonds is 3. The molecule has 1 N–H and O–H groups in total. The largest absolute Gasteiger partial charge is 0.508 e. The Balaban J connectivity index is 2.28. The molecule has 4 nitrogen and oxygen atoms in total. The zero-order chi connectivity index (χ0) is 18.4. The first kappa shape index (κ1) is 17.7. The van der Waals surface area contributed by atoms with Gasteiger partial charge in [-0.1, -0.05) is 40.7 Å². The van der Waals surface area contributed by atoms with Crippen LogP contribution >= 0.6 is 15.9 Å². The van der Waals surface area contributed by atoms with E-state index in [1.807, 2.05) is 6.08 Å². The highest BCUT2D eigenvalue weighted by Crippen LogP contribution is 2.55. The van der Waals surface area contributed by atoms with E-state index in [0.717, 1.165) is 11.1 Å². The Hall–Kier alpha value is -2.14. The zero-order valence-electron chi connectivity index (χ0n) is 14.1. The second-order valence-electron chi connectivity index (χ2n) is 6.38. The maximum atomic E-state index is 13.1. The summed E-state index contributed by atoms with van der Waals surface area (Å²) in [5, 5.41) is 9.77. The van der Waals surface area contributed by atoms with Crippen LogP contribution in [0, 0.1) is 5.92 Å². The molecular weight excluding hydrogens is 384 g/mol. The number of aromatic hydroxyl groups is 1. The van der Waals surface area contributed by atoms with Crippen LogP contribution in [0.1, 0.15) is 24.8 Å². The van der Waals surface area contributed by atoms with Gasteiger partial charge in [-0.05, 0) is 36.6 Å². The summed E-state index contributed by atoms with van der Waals surface area (Å²) < 4.78 is 4.34. The van der Waals surface area contributed by atoms with Crippen molar-refractivity contribution in [2.75, 3.05) is 7.11 Å². The van der Waals surface area contributed by atoms with Gasteiger partial charge in [0.05, 0.1) is 7.11 Å². The number of benzene rings is 1. The van der Waals surface area contributed by atoms with E-state index in [2.05, 4.69) is 22.5 Å². The molecule has 1 aromatic rings. The average Bonchev–Trinajstić information content (AvgIpc) is 2.59. The van der Waals surface area contributed by atoms with Crippen LogP contribution in [0.15, 0.2) is 54.2 Å². The number of fused-ring (bicyclic) bond motifs is 1. The van der Waals surface area contributed by atoms with E-state index in [4.69, 9.17) is 4.74 Å². The summed E-state index contributed by atoms with van der Waals surface area (Å²) >= 11 is 3.67. The fourth-order valence-electron chi connectivity index (χ4n) is 3.83. The van der Waals surface area contributed by atoms with Crippen molar-refractivity contribution in [3.05, 3.63) is 59.7 Å². The molecular formula is C20H19BrO4. The van der Waals surface area contributed by atoms with Crippen molar-refractivity contribution in [3.8, 4) is 11.5 Å². The molecule has 0 saturated carbocycles. The smallest absolute Gasteiger partial charge is 0.177 e. The molecule has 0 aromatic heterocycles. The second-order valence-corrected chi connectivity index (χ2v) is 7.69. The van der Waals surface area contributed by atoms with E-state index in [9.17, 15) is 14.7 Å². The topological polar surface area (TPSA) is 63.6 Å². The second kappa shape index (κ2) is 6.30. The van der Waals surface area contributed by atoms with Crippen molar-refractivity contribution in [1.82, 2.24) is 0 Å². The number of ether oxygens (including phenoxy) is 1. The van der Waals surface area contributed by atoms with Crippen molar-refractivity contribution >= 4 is 27.5 Å². The molecule has 0 spiro atoms. The Morgan fingerprint density at radius 3 is 2.76 bits per heavy atom. The third-order valence-corrected chi connectivity index (χ3v) is 6.39. The predicted octanol–water partition coefficient (Wildman–Crippen LogP) is 3.85. The van der Waals surface area contributed by atoms with E-state index < -0.39 is 16.2 Å². The molecule has 0 fully saturated rings. The van der Waals surface area contributed by atoms with Crippen molar-refractivity contribution in [2.24, 2.45) is 5.92 Å². The normalized spacial score (nSPS) is 28.8. The van der Waals surface area contributed by atoms with E-state index >= 15 is 0 Å². The van der Waals surface area contributed by atoms with Crippen molar-refractivity contribution in [2.45, 2.75) is 23.6 Å². The lowest BCUT2D eigenvalue weighted by atomic mass is 9.62. The van der Waals surface area contributed by atoms with Crippen LogP contribution in [0.25, 0.3) is 0 Å². The van der Waals surface area contributed by atoms with Gasteiger partial charge in [0, 0.05) is 23.5 Å². The van der Waals surface area contributed by atoms with E-state index in [-0.39, 0.29) is 17.3 Å². The fraction of sp³-hybridized carbons (Fsp3) is 0.300. The maximum absolute atomic E-state index is 13.1. The third-order valence-electron chi connectivity index (χ3n) is 5.02. The van der Waals surface area contributed by atoms with E-state index in [0.29, 0.717) is 17.7 Å². The number of phenols is 1. The Bertz CT molecular complexity index is 836. The third kappa shape index (κ3) is 2.58. The SMILES string of the molecule is C=CC1=CC[C@H]2C(=O)C=C(C)C(=O)[C@@]2(Br)[C@H]1c1ccc(O)cc1OC. The lowest BCUT2D eigenvalue weighted by Crippen LogP contribution is -2.53. The Morgan fingerprint density at radius 1 is 1.40 bits per heavy atom. The van der Waals surface area contributed by atoms with Gasteiger partial charge in [0.2, 0.25) is 0 Å². The fourth-order valence-corrected chi connectivity index (χ4v) is 5.06. The van der Waals surface area contributed by atoms with Crippen LogP contribution < -0.4 is 4.74 Å². The molecule has 0 heterocycles. The van der Waals surface area contributed by atoms with Crippen LogP contribution in [-0.4, -0.2) is 28.1 Å². The van der Waals surface area contributed by atoms with E-state index in [1.54, 1.807) is 25.1 Å². The first-order valence-corrected chi connectivity index (χ1v) is 8.79. The lowest BCUT2D eigenvalue weighted by Gasteiger charge is -2.45. The molecule has 0 bridgehead atoms. The summed E-state index contributed by atoms with van der Waals surface area (Å²) in [4.78, 5) is 25.7. The molecule has 5 heteroatoms. The van der Waals surface area contributed by atoms with Gasteiger partial charge >= 0.3 is 0 Å². The van der Waals surface area contributed by atoms with Gasteiger partial charge < -0.3 is 9.84 Å². The van der Waals surface area contributed by atoms with Gasteiger partial charge in [-0.3, -0.25) is 9.59 Å². The predicted molar refractivity (Wildman–Crippen MR) is 99.2 cm³/mol. The molecule has 0 saturated heterocycles. The van der Waals surface area contributed by atoms with Gasteiger partial charge in [-0.25, -0.2) is 0 Å². The number of ketones is 2. The van der Waals surface area contributed by atoms with E-state index in [1.165, 1.54) is 19.3 Å². The summed E-state index contributed by atoms with van der Waals surface area (Å²) in [6.07, 6.45) is 5.57. The Kier molecular flexibility index (Phi) is 4.45. The minimum Gasteiger partial charge on any atom is -0.508 e. The van der Waals surface area contributed by atoms with Gasteiger partial charge in [-0.15, -0.1) is 0 Å². The molecule has 130 valence electrons. The quantitative estimate of drug-likeness (QED) is 0.779. The number of hydrogen-bond acceptors (Lipinski definition) is 4. The van der Waals surface area contributed by atoms with Crippen LogP contribution in [0.5, 0.6) is 11.5 Å². The molecule has 3 rings (SSSR count). The number of phenolic OH excluding ortho intramolecular Hbond substituents is 1. The van der Waals surface area contributed by atoms with Crippen molar-refractivity contribution in [3.63, 3.8) is 0 Å². The summed E-state index contributed by atoms with van der Waals surface area (Å²) in [7, 11) is 1.51. The summed E-state index contributed by atoms with van der Waals surface area (Å²) in [5.41, 5.74) is 2.02. The minimum atomic E-state index is -1.09. The van der Waals surface area contributed by atoms with Crippen molar-refractivity contribution < 1.29 is 19.4 Å². The number of methoxy groups -OCH3 is 1. The highest BCUT2D eigenvalue weighted by molar-refractivity contribution is 9.10.